The first kappa shape index (κ1) is 19.2. The van der Waals surface area contributed by atoms with E-state index in [1.807, 2.05) is 43.3 Å². The molecule has 0 radical (unpaired) electrons. The number of halogens is 1. The predicted octanol–water partition coefficient (Wildman–Crippen LogP) is 4.17. The summed E-state index contributed by atoms with van der Waals surface area (Å²) in [5, 5.41) is 3.14. The smallest absolute Gasteiger partial charge is 0.251 e. The minimum Gasteiger partial charge on any atom is -0.494 e. The Morgan fingerprint density at radius 1 is 1.12 bits per heavy atom. The van der Waals surface area contributed by atoms with Crippen LogP contribution in [0.4, 0.5) is 0 Å². The van der Waals surface area contributed by atoms with Crippen LogP contribution in [0.5, 0.6) is 5.75 Å². The van der Waals surface area contributed by atoms with Gasteiger partial charge in [-0.05, 0) is 84.3 Å². The maximum Gasteiger partial charge on any atom is 0.251 e. The molecule has 1 N–H and O–H groups in total. The first-order valence-electron chi connectivity index (χ1n) is 8.98. The van der Waals surface area contributed by atoms with Crippen molar-refractivity contribution in [2.75, 3.05) is 26.4 Å². The molecule has 0 spiro atoms. The molecule has 2 aromatic carbocycles. The van der Waals surface area contributed by atoms with Crippen molar-refractivity contribution in [2.24, 2.45) is 0 Å². The molecule has 4 nitrogen and oxygen atoms in total. The van der Waals surface area contributed by atoms with E-state index in [1.165, 1.54) is 5.56 Å². The van der Waals surface area contributed by atoms with Crippen LogP contribution in [0.25, 0.3) is 0 Å². The van der Waals surface area contributed by atoms with Crippen LogP contribution in [0.15, 0.2) is 48.5 Å². The van der Waals surface area contributed by atoms with Crippen LogP contribution in [0.3, 0.4) is 0 Å². The van der Waals surface area contributed by atoms with Gasteiger partial charge in [-0.2, -0.15) is 0 Å². The van der Waals surface area contributed by atoms with E-state index in [4.69, 9.17) is 9.47 Å². The SMILES string of the molecule is CCOc1ccc(C2(CNC(=O)c3ccc(I)cc3)CCOCC2)cc1. The van der Waals surface area contributed by atoms with E-state index in [-0.39, 0.29) is 11.3 Å². The molecule has 1 fully saturated rings. The molecule has 26 heavy (non-hydrogen) atoms. The van der Waals surface area contributed by atoms with Gasteiger partial charge in [-0.15, -0.1) is 0 Å². The van der Waals surface area contributed by atoms with E-state index >= 15 is 0 Å². The summed E-state index contributed by atoms with van der Waals surface area (Å²) < 4.78 is 12.2. The third-order valence-corrected chi connectivity index (χ3v) is 5.64. The summed E-state index contributed by atoms with van der Waals surface area (Å²) in [5.74, 6) is 0.847. The third kappa shape index (κ3) is 4.57. The highest BCUT2D eigenvalue weighted by Crippen LogP contribution is 2.35. The predicted molar refractivity (Wildman–Crippen MR) is 111 cm³/mol. The van der Waals surface area contributed by atoms with Crippen molar-refractivity contribution < 1.29 is 14.3 Å². The number of hydrogen-bond donors (Lipinski definition) is 1. The Labute approximate surface area is 168 Å². The van der Waals surface area contributed by atoms with Gasteiger partial charge in [0.2, 0.25) is 0 Å². The Hall–Kier alpha value is -1.60. The van der Waals surface area contributed by atoms with Crippen LogP contribution < -0.4 is 10.1 Å². The van der Waals surface area contributed by atoms with Crippen LogP contribution in [0.2, 0.25) is 0 Å². The summed E-state index contributed by atoms with van der Waals surface area (Å²) >= 11 is 2.24. The molecule has 0 atom stereocenters. The molecule has 1 aliphatic rings. The van der Waals surface area contributed by atoms with Gasteiger partial charge in [0.05, 0.1) is 6.61 Å². The highest BCUT2D eigenvalue weighted by Gasteiger charge is 2.35. The topological polar surface area (TPSA) is 47.6 Å². The molecule has 0 unspecified atom stereocenters. The van der Waals surface area contributed by atoms with E-state index in [1.54, 1.807) is 0 Å². The Bertz CT molecular complexity index is 722. The van der Waals surface area contributed by atoms with Gasteiger partial charge in [0.1, 0.15) is 5.75 Å². The molecule has 1 aliphatic heterocycles. The zero-order chi connectivity index (χ0) is 18.4. The lowest BCUT2D eigenvalue weighted by Gasteiger charge is -2.38. The molecule has 0 saturated carbocycles. The van der Waals surface area contributed by atoms with Gasteiger partial charge in [0.15, 0.2) is 0 Å². The van der Waals surface area contributed by atoms with E-state index in [0.29, 0.717) is 31.9 Å². The number of benzene rings is 2. The van der Waals surface area contributed by atoms with Crippen LogP contribution >= 0.6 is 22.6 Å². The van der Waals surface area contributed by atoms with E-state index in [2.05, 4.69) is 40.0 Å². The van der Waals surface area contributed by atoms with Crippen LogP contribution in [-0.4, -0.2) is 32.3 Å². The maximum absolute atomic E-state index is 12.5. The second-order valence-corrected chi connectivity index (χ2v) is 7.79. The molecule has 0 bridgehead atoms. The summed E-state index contributed by atoms with van der Waals surface area (Å²) in [6, 6.07) is 15.9. The molecule has 1 saturated heterocycles. The fourth-order valence-corrected chi connectivity index (χ4v) is 3.71. The van der Waals surface area contributed by atoms with Crippen molar-refractivity contribution in [2.45, 2.75) is 25.2 Å². The maximum atomic E-state index is 12.5. The number of amides is 1. The van der Waals surface area contributed by atoms with Crippen molar-refractivity contribution in [3.05, 3.63) is 63.2 Å². The first-order valence-corrected chi connectivity index (χ1v) is 10.1. The Balaban J connectivity index is 1.74. The summed E-state index contributed by atoms with van der Waals surface area (Å²) in [7, 11) is 0. The Morgan fingerprint density at radius 3 is 2.38 bits per heavy atom. The van der Waals surface area contributed by atoms with Crippen molar-refractivity contribution in [1.29, 1.82) is 0 Å². The van der Waals surface area contributed by atoms with Crippen molar-refractivity contribution >= 4 is 28.5 Å². The largest absolute Gasteiger partial charge is 0.494 e. The molecule has 1 heterocycles. The van der Waals surface area contributed by atoms with Crippen LogP contribution in [-0.2, 0) is 10.2 Å². The van der Waals surface area contributed by atoms with Gasteiger partial charge in [-0.25, -0.2) is 0 Å². The third-order valence-electron chi connectivity index (χ3n) is 4.92. The molecule has 0 aromatic heterocycles. The first-order chi connectivity index (χ1) is 12.6. The van der Waals surface area contributed by atoms with Crippen molar-refractivity contribution in [1.82, 2.24) is 5.32 Å². The Morgan fingerprint density at radius 2 is 1.77 bits per heavy atom. The minimum atomic E-state index is -0.0954. The van der Waals surface area contributed by atoms with Crippen molar-refractivity contribution in [3.63, 3.8) is 0 Å². The second-order valence-electron chi connectivity index (χ2n) is 6.54. The van der Waals surface area contributed by atoms with Crippen molar-refractivity contribution in [3.8, 4) is 5.75 Å². The number of hydrogen-bond acceptors (Lipinski definition) is 3. The lowest BCUT2D eigenvalue weighted by molar-refractivity contribution is 0.0487. The highest BCUT2D eigenvalue weighted by atomic mass is 127. The highest BCUT2D eigenvalue weighted by molar-refractivity contribution is 14.1. The lowest BCUT2D eigenvalue weighted by atomic mass is 9.74. The number of carbonyl (C=O) groups excluding carboxylic acids is 1. The molecular weight excluding hydrogens is 441 g/mol. The summed E-state index contributed by atoms with van der Waals surface area (Å²) in [6.45, 7) is 4.67. The molecule has 138 valence electrons. The molecule has 2 aromatic rings. The quantitative estimate of drug-likeness (QED) is 0.652. The van der Waals surface area contributed by atoms with Gasteiger partial charge in [-0.3, -0.25) is 4.79 Å². The van der Waals surface area contributed by atoms with Crippen LogP contribution in [0.1, 0.15) is 35.7 Å². The van der Waals surface area contributed by atoms with Gasteiger partial charge < -0.3 is 14.8 Å². The van der Waals surface area contributed by atoms with Gasteiger partial charge >= 0.3 is 0 Å². The average molecular weight is 465 g/mol. The fraction of sp³-hybridized carbons (Fsp3) is 0.381. The molecular formula is C21H24INO3. The monoisotopic (exact) mass is 465 g/mol. The van der Waals surface area contributed by atoms with Gasteiger partial charge in [0, 0.05) is 34.3 Å². The lowest BCUT2D eigenvalue weighted by Crippen LogP contribution is -2.44. The zero-order valence-corrected chi connectivity index (χ0v) is 17.1. The summed E-state index contributed by atoms with van der Waals surface area (Å²) in [4.78, 5) is 12.5. The molecule has 5 heteroatoms. The number of carbonyl (C=O) groups is 1. The van der Waals surface area contributed by atoms with E-state index < -0.39 is 0 Å². The summed E-state index contributed by atoms with van der Waals surface area (Å²) in [6.07, 6.45) is 1.79. The molecule has 0 aliphatic carbocycles. The minimum absolute atomic E-state index is 0.0294. The normalized spacial score (nSPS) is 16.1. The molecule has 3 rings (SSSR count). The number of rotatable bonds is 6. The van der Waals surface area contributed by atoms with E-state index in [9.17, 15) is 4.79 Å². The second kappa shape index (κ2) is 8.86. The van der Waals surface area contributed by atoms with Gasteiger partial charge in [-0.1, -0.05) is 12.1 Å². The summed E-state index contributed by atoms with van der Waals surface area (Å²) in [5.41, 5.74) is 1.83. The number of nitrogens with one attached hydrogen (secondary N) is 1. The molecule has 1 amide bonds. The fourth-order valence-electron chi connectivity index (χ4n) is 3.35. The van der Waals surface area contributed by atoms with E-state index in [0.717, 1.165) is 22.2 Å². The zero-order valence-electron chi connectivity index (χ0n) is 15.0. The van der Waals surface area contributed by atoms with Gasteiger partial charge in [0.25, 0.3) is 5.91 Å². The van der Waals surface area contributed by atoms with Crippen LogP contribution in [0, 0.1) is 3.57 Å². The average Bonchev–Trinajstić information content (AvgIpc) is 2.68. The number of ether oxygens (including phenoxy) is 2. The standard InChI is InChI=1S/C21H24INO3/c1-2-26-19-9-5-17(6-10-19)21(11-13-25-14-12-21)15-23-20(24)16-3-7-18(22)8-4-16/h3-10H,2,11-15H2,1H3,(H,23,24). The Kier molecular flexibility index (Phi) is 6.53.